The molecule has 2 heterocycles. The summed E-state index contributed by atoms with van der Waals surface area (Å²) in [6.07, 6.45) is 0.918. The number of anilines is 1. The second kappa shape index (κ2) is 8.41. The van der Waals surface area contributed by atoms with E-state index in [0.717, 1.165) is 22.2 Å². The molecule has 0 spiro atoms. The highest BCUT2D eigenvalue weighted by Gasteiger charge is 2.31. The van der Waals surface area contributed by atoms with E-state index in [0.29, 0.717) is 37.4 Å². The van der Waals surface area contributed by atoms with E-state index in [2.05, 4.69) is 4.90 Å². The van der Waals surface area contributed by atoms with Crippen LogP contribution in [0.2, 0.25) is 0 Å². The van der Waals surface area contributed by atoms with Gasteiger partial charge in [-0.25, -0.2) is 17.2 Å². The van der Waals surface area contributed by atoms with E-state index in [9.17, 15) is 13.2 Å². The van der Waals surface area contributed by atoms with Gasteiger partial charge in [0, 0.05) is 37.1 Å². The molecule has 0 bridgehead atoms. The summed E-state index contributed by atoms with van der Waals surface area (Å²) in [6.45, 7) is 9.73. The molecule has 0 radical (unpaired) electrons. The van der Waals surface area contributed by atoms with Crippen LogP contribution in [0.3, 0.4) is 0 Å². The number of rotatable bonds is 3. The molecule has 0 atom stereocenters. The van der Waals surface area contributed by atoms with Gasteiger partial charge in [0.15, 0.2) is 0 Å². The summed E-state index contributed by atoms with van der Waals surface area (Å²) in [6, 6.07) is 15.5. The summed E-state index contributed by atoms with van der Waals surface area (Å²) in [5.41, 5.74) is 3.59. The van der Waals surface area contributed by atoms with Crippen molar-refractivity contribution in [1.29, 1.82) is 0 Å². The molecule has 1 amide bonds. The SMILES string of the molecule is Cc1ccc(-c2c(N3CCN(C(=O)OC(C)(C)C)CC3)c3ccccc3n2S(C)(=O)=O)cc1. The van der Waals surface area contributed by atoms with E-state index in [1.807, 2.05) is 76.2 Å². The molecule has 2 aromatic carbocycles. The van der Waals surface area contributed by atoms with Crippen molar-refractivity contribution in [1.82, 2.24) is 8.87 Å². The molecule has 1 saturated heterocycles. The summed E-state index contributed by atoms with van der Waals surface area (Å²) in [5.74, 6) is 0. The number of carbonyl (C=O) groups is 1. The predicted molar refractivity (Wildman–Crippen MR) is 132 cm³/mol. The first kappa shape index (κ1) is 23.2. The number of carbonyl (C=O) groups excluding carboxylic acids is 1. The Morgan fingerprint density at radius 2 is 1.55 bits per heavy atom. The second-order valence-electron chi connectivity index (χ2n) is 9.56. The van der Waals surface area contributed by atoms with Crippen LogP contribution in [0, 0.1) is 6.92 Å². The summed E-state index contributed by atoms with van der Waals surface area (Å²) in [7, 11) is -3.58. The summed E-state index contributed by atoms with van der Waals surface area (Å²) in [5, 5.41) is 0.879. The highest BCUT2D eigenvalue weighted by atomic mass is 32.2. The maximum absolute atomic E-state index is 13.0. The third-order valence-electron chi connectivity index (χ3n) is 5.71. The van der Waals surface area contributed by atoms with Gasteiger partial charge in [-0.2, -0.15) is 0 Å². The highest BCUT2D eigenvalue weighted by molar-refractivity contribution is 7.89. The molecule has 3 aromatic rings. The molecule has 176 valence electrons. The number of piperazine rings is 1. The van der Waals surface area contributed by atoms with Crippen molar-refractivity contribution in [3.63, 3.8) is 0 Å². The number of hydrogen-bond donors (Lipinski definition) is 0. The number of aromatic nitrogens is 1. The van der Waals surface area contributed by atoms with E-state index in [1.165, 1.54) is 10.2 Å². The lowest BCUT2D eigenvalue weighted by Crippen LogP contribution is -2.50. The maximum Gasteiger partial charge on any atom is 0.410 e. The molecule has 7 nitrogen and oxygen atoms in total. The summed E-state index contributed by atoms with van der Waals surface area (Å²) < 4.78 is 32.9. The first-order valence-electron chi connectivity index (χ1n) is 11.1. The topological polar surface area (TPSA) is 71.8 Å². The van der Waals surface area contributed by atoms with Crippen LogP contribution in [-0.2, 0) is 14.8 Å². The number of aryl methyl sites for hydroxylation is 1. The van der Waals surface area contributed by atoms with E-state index in [4.69, 9.17) is 4.74 Å². The Balaban J connectivity index is 1.79. The maximum atomic E-state index is 13.0. The fourth-order valence-corrected chi connectivity index (χ4v) is 5.30. The van der Waals surface area contributed by atoms with Gasteiger partial charge in [0.2, 0.25) is 10.0 Å². The average Bonchev–Trinajstić information content (AvgIpc) is 3.09. The molecular formula is C25H31N3O4S. The first-order chi connectivity index (χ1) is 15.5. The van der Waals surface area contributed by atoms with Gasteiger partial charge in [-0.1, -0.05) is 48.0 Å². The number of hydrogen-bond acceptors (Lipinski definition) is 5. The Labute approximate surface area is 195 Å². The van der Waals surface area contributed by atoms with Gasteiger partial charge in [-0.3, -0.25) is 0 Å². The highest BCUT2D eigenvalue weighted by Crippen LogP contribution is 2.42. The summed E-state index contributed by atoms with van der Waals surface area (Å²) in [4.78, 5) is 16.4. The molecule has 1 aliphatic rings. The van der Waals surface area contributed by atoms with Crippen LogP contribution in [-0.4, -0.2) is 61.4 Å². The number of fused-ring (bicyclic) bond motifs is 1. The zero-order chi connectivity index (χ0) is 24.0. The lowest BCUT2D eigenvalue weighted by Gasteiger charge is -2.37. The van der Waals surface area contributed by atoms with E-state index in [-0.39, 0.29) is 6.09 Å². The van der Waals surface area contributed by atoms with Crippen LogP contribution >= 0.6 is 0 Å². The van der Waals surface area contributed by atoms with Crippen LogP contribution in [0.15, 0.2) is 48.5 Å². The fraction of sp³-hybridized carbons (Fsp3) is 0.400. The Hall–Kier alpha value is -3.00. The minimum Gasteiger partial charge on any atom is -0.444 e. The molecule has 1 aromatic heterocycles. The standard InChI is InChI=1S/C25H31N3O4S/c1-18-10-12-19(13-11-18)22-23(20-8-6-7-9-21(20)28(22)33(5,30)31)26-14-16-27(17-15-26)24(29)32-25(2,3)4/h6-13H,14-17H2,1-5H3. The molecule has 0 unspecified atom stereocenters. The Bertz CT molecular complexity index is 1280. The average molecular weight is 470 g/mol. The van der Waals surface area contributed by atoms with Crippen molar-refractivity contribution in [3.05, 3.63) is 54.1 Å². The molecule has 33 heavy (non-hydrogen) atoms. The molecule has 0 N–H and O–H groups in total. The summed E-state index contributed by atoms with van der Waals surface area (Å²) >= 11 is 0. The van der Waals surface area contributed by atoms with Crippen LogP contribution in [0.1, 0.15) is 26.3 Å². The smallest absolute Gasteiger partial charge is 0.410 e. The lowest BCUT2D eigenvalue weighted by molar-refractivity contribution is 0.0241. The van der Waals surface area contributed by atoms with E-state index >= 15 is 0 Å². The third-order valence-corrected chi connectivity index (χ3v) is 6.75. The Morgan fingerprint density at radius 3 is 2.12 bits per heavy atom. The van der Waals surface area contributed by atoms with Gasteiger partial charge in [-0.15, -0.1) is 0 Å². The number of benzene rings is 2. The molecule has 4 rings (SSSR count). The lowest BCUT2D eigenvalue weighted by atomic mass is 10.1. The monoisotopic (exact) mass is 469 g/mol. The Morgan fingerprint density at radius 1 is 0.939 bits per heavy atom. The van der Waals surface area contributed by atoms with E-state index in [1.54, 1.807) is 4.90 Å². The number of amides is 1. The van der Waals surface area contributed by atoms with Gasteiger partial charge < -0.3 is 14.5 Å². The zero-order valence-electron chi connectivity index (χ0n) is 19.8. The van der Waals surface area contributed by atoms with Gasteiger partial charge >= 0.3 is 6.09 Å². The zero-order valence-corrected chi connectivity index (χ0v) is 20.6. The Kier molecular flexibility index (Phi) is 5.90. The number of nitrogens with zero attached hydrogens (tertiary/aromatic N) is 3. The largest absolute Gasteiger partial charge is 0.444 e. The van der Waals surface area contributed by atoms with Crippen molar-refractivity contribution in [2.75, 3.05) is 37.3 Å². The quantitative estimate of drug-likeness (QED) is 0.566. The normalized spacial score (nSPS) is 15.2. The van der Waals surface area contributed by atoms with Crippen molar-refractivity contribution < 1.29 is 17.9 Å². The predicted octanol–water partition coefficient (Wildman–Crippen LogP) is 4.48. The minimum absolute atomic E-state index is 0.320. The second-order valence-corrected chi connectivity index (χ2v) is 11.4. The van der Waals surface area contributed by atoms with Crippen LogP contribution in [0.25, 0.3) is 22.2 Å². The van der Waals surface area contributed by atoms with E-state index < -0.39 is 15.6 Å². The molecule has 8 heteroatoms. The van der Waals surface area contributed by atoms with Crippen LogP contribution in [0.5, 0.6) is 0 Å². The van der Waals surface area contributed by atoms with Crippen LogP contribution < -0.4 is 4.90 Å². The molecule has 0 aliphatic carbocycles. The number of ether oxygens (including phenoxy) is 1. The number of para-hydroxylation sites is 1. The van der Waals surface area contributed by atoms with Crippen molar-refractivity contribution >= 4 is 32.7 Å². The van der Waals surface area contributed by atoms with Gasteiger partial charge in [0.05, 0.1) is 23.2 Å². The van der Waals surface area contributed by atoms with Gasteiger partial charge in [0.25, 0.3) is 0 Å². The third kappa shape index (κ3) is 4.71. The molecule has 1 fully saturated rings. The van der Waals surface area contributed by atoms with Crippen molar-refractivity contribution in [2.45, 2.75) is 33.3 Å². The van der Waals surface area contributed by atoms with Gasteiger partial charge in [-0.05, 0) is 33.8 Å². The first-order valence-corrected chi connectivity index (χ1v) is 12.9. The molecule has 1 aliphatic heterocycles. The van der Waals surface area contributed by atoms with Crippen molar-refractivity contribution in [3.8, 4) is 11.3 Å². The van der Waals surface area contributed by atoms with Crippen LogP contribution in [0.4, 0.5) is 10.5 Å². The molecule has 0 saturated carbocycles. The minimum atomic E-state index is -3.58. The fourth-order valence-electron chi connectivity index (χ4n) is 4.26. The molecular weight excluding hydrogens is 438 g/mol. The van der Waals surface area contributed by atoms with Crippen molar-refractivity contribution in [2.24, 2.45) is 0 Å². The van der Waals surface area contributed by atoms with Gasteiger partial charge in [0.1, 0.15) is 5.60 Å².